The van der Waals surface area contributed by atoms with E-state index >= 15 is 0 Å². The molecule has 0 saturated heterocycles. The van der Waals surface area contributed by atoms with E-state index in [1.165, 1.54) is 16.0 Å². The van der Waals surface area contributed by atoms with Crippen molar-refractivity contribution in [1.29, 1.82) is 0 Å². The van der Waals surface area contributed by atoms with Gasteiger partial charge in [0, 0.05) is 23.4 Å². The Hall–Kier alpha value is -4.87. The second kappa shape index (κ2) is 12.3. The maximum atomic E-state index is 14.1. The molecule has 2 aromatic heterocycles. The number of anilines is 1. The van der Waals surface area contributed by atoms with Crippen LogP contribution >= 0.6 is 0 Å². The molecule has 3 heterocycles. The molecule has 2 aromatic carbocycles. The fourth-order valence-corrected chi connectivity index (χ4v) is 5.33. The number of hydrogen-bond acceptors (Lipinski definition) is 9. The molecule has 2 amide bonds. The highest BCUT2D eigenvalue weighted by atomic mass is 16.6. The number of methoxy groups -OCH3 is 1. The second-order valence-electron chi connectivity index (χ2n) is 10.2. The van der Waals surface area contributed by atoms with Crippen LogP contribution in [0.2, 0.25) is 0 Å². The Balaban J connectivity index is 1.33. The van der Waals surface area contributed by atoms with Gasteiger partial charge in [-0.15, -0.1) is 10.2 Å². The molecule has 0 radical (unpaired) electrons. The first-order valence-corrected chi connectivity index (χ1v) is 14.1. The van der Waals surface area contributed by atoms with Gasteiger partial charge in [-0.05, 0) is 66.6 Å². The fourth-order valence-electron chi connectivity index (χ4n) is 5.33. The van der Waals surface area contributed by atoms with Gasteiger partial charge >= 0.3 is 0 Å². The molecule has 1 aliphatic carbocycles. The van der Waals surface area contributed by atoms with Crippen molar-refractivity contribution < 1.29 is 28.2 Å². The lowest BCUT2D eigenvalue weighted by atomic mass is 9.95. The summed E-state index contributed by atoms with van der Waals surface area (Å²) in [6.07, 6.45) is 6.53. The van der Waals surface area contributed by atoms with Gasteiger partial charge in [-0.2, -0.15) is 4.80 Å². The molecule has 1 saturated carbocycles. The Morgan fingerprint density at radius 2 is 1.83 bits per heavy atom. The van der Waals surface area contributed by atoms with E-state index in [0.29, 0.717) is 47.7 Å². The van der Waals surface area contributed by atoms with E-state index in [2.05, 4.69) is 20.7 Å². The van der Waals surface area contributed by atoms with Gasteiger partial charge in [0.1, 0.15) is 31.3 Å². The Labute approximate surface area is 242 Å². The SMILES string of the molecule is COc1ccc(-c2nnn(CC(=O)N(c3ccc4c(c3)OCCO4)C(C(=O)NC3CCCCC3)c3ccco3)n2)cc1. The van der Waals surface area contributed by atoms with Crippen LogP contribution in [0.5, 0.6) is 17.2 Å². The van der Waals surface area contributed by atoms with E-state index < -0.39 is 11.9 Å². The molecule has 1 fully saturated rings. The molecular formula is C30H32N6O6. The standard InChI is InChI=1S/C30H32N6O6/c1-39-23-12-9-20(10-13-23)29-32-34-35(33-29)19-27(37)36(22-11-14-24-26(18-22)42-17-16-41-24)28(25-8-5-15-40-25)30(38)31-21-6-3-2-4-7-21/h5,8-15,18,21,28H,2-4,6-7,16-17,19H2,1H3,(H,31,38). The first kappa shape index (κ1) is 27.3. The van der Waals surface area contributed by atoms with Gasteiger partial charge in [0.2, 0.25) is 5.82 Å². The Bertz CT molecular complexity index is 1510. The summed E-state index contributed by atoms with van der Waals surface area (Å²) in [5, 5.41) is 15.8. The van der Waals surface area contributed by atoms with Gasteiger partial charge in [-0.1, -0.05) is 19.3 Å². The van der Waals surface area contributed by atoms with Crippen LogP contribution in [0.4, 0.5) is 5.69 Å². The third-order valence-electron chi connectivity index (χ3n) is 7.42. The largest absolute Gasteiger partial charge is 0.497 e. The number of aromatic nitrogens is 4. The van der Waals surface area contributed by atoms with Gasteiger partial charge < -0.3 is 23.9 Å². The maximum Gasteiger partial charge on any atom is 0.251 e. The van der Waals surface area contributed by atoms with Crippen LogP contribution in [0.3, 0.4) is 0 Å². The minimum Gasteiger partial charge on any atom is -0.497 e. The molecule has 4 aromatic rings. The number of benzene rings is 2. The quantitative estimate of drug-likeness (QED) is 0.317. The van der Waals surface area contributed by atoms with Crippen LogP contribution < -0.4 is 24.4 Å². The van der Waals surface area contributed by atoms with Gasteiger partial charge in [0.05, 0.1) is 13.4 Å². The molecular weight excluding hydrogens is 540 g/mol. The third kappa shape index (κ3) is 5.92. The van der Waals surface area contributed by atoms with E-state index in [9.17, 15) is 9.59 Å². The average molecular weight is 573 g/mol. The van der Waals surface area contributed by atoms with Crippen LogP contribution in [0, 0.1) is 0 Å². The number of rotatable bonds is 9. The number of nitrogens with zero attached hydrogens (tertiary/aromatic N) is 5. The normalized spacial score (nSPS) is 15.5. The molecule has 12 nitrogen and oxygen atoms in total. The lowest BCUT2D eigenvalue weighted by Gasteiger charge is -2.32. The van der Waals surface area contributed by atoms with Crippen molar-refractivity contribution in [1.82, 2.24) is 25.5 Å². The van der Waals surface area contributed by atoms with Crippen molar-refractivity contribution in [2.45, 2.75) is 50.7 Å². The van der Waals surface area contributed by atoms with E-state index in [0.717, 1.165) is 37.7 Å². The summed E-state index contributed by atoms with van der Waals surface area (Å²) < 4.78 is 22.4. The van der Waals surface area contributed by atoms with Gasteiger partial charge in [-0.3, -0.25) is 14.5 Å². The number of tetrazole rings is 1. The third-order valence-corrected chi connectivity index (χ3v) is 7.42. The topological polar surface area (TPSA) is 134 Å². The lowest BCUT2D eigenvalue weighted by Crippen LogP contribution is -2.48. The Morgan fingerprint density at radius 3 is 2.57 bits per heavy atom. The number of fused-ring (bicyclic) bond motifs is 1. The van der Waals surface area contributed by atoms with Crippen LogP contribution in [0.25, 0.3) is 11.4 Å². The fraction of sp³-hybridized carbons (Fsp3) is 0.367. The van der Waals surface area contributed by atoms with Gasteiger partial charge in [0.15, 0.2) is 17.5 Å². The number of nitrogens with one attached hydrogen (secondary N) is 1. The summed E-state index contributed by atoms with van der Waals surface area (Å²) >= 11 is 0. The highest BCUT2D eigenvalue weighted by Crippen LogP contribution is 2.37. The molecule has 6 rings (SSSR count). The Morgan fingerprint density at radius 1 is 1.05 bits per heavy atom. The van der Waals surface area contributed by atoms with Crippen LogP contribution in [-0.2, 0) is 16.1 Å². The maximum absolute atomic E-state index is 14.1. The number of ether oxygens (including phenoxy) is 3. The summed E-state index contributed by atoms with van der Waals surface area (Å²) in [6, 6.07) is 14.7. The predicted octanol–water partition coefficient (Wildman–Crippen LogP) is 3.94. The zero-order valence-electron chi connectivity index (χ0n) is 23.3. The molecule has 0 bridgehead atoms. The lowest BCUT2D eigenvalue weighted by molar-refractivity contribution is -0.128. The number of furan rings is 1. The summed E-state index contributed by atoms with van der Waals surface area (Å²) in [4.78, 5) is 30.7. The molecule has 1 aliphatic heterocycles. The molecule has 2 aliphatic rings. The molecule has 42 heavy (non-hydrogen) atoms. The first-order valence-electron chi connectivity index (χ1n) is 14.1. The average Bonchev–Trinajstić information content (AvgIpc) is 3.73. The molecule has 1 unspecified atom stereocenters. The summed E-state index contributed by atoms with van der Waals surface area (Å²) in [5.74, 6) is 1.68. The van der Waals surface area contributed by atoms with Crippen molar-refractivity contribution in [3.05, 3.63) is 66.6 Å². The van der Waals surface area contributed by atoms with Crippen molar-refractivity contribution in [2.75, 3.05) is 25.2 Å². The highest BCUT2D eigenvalue weighted by Gasteiger charge is 2.37. The summed E-state index contributed by atoms with van der Waals surface area (Å²) in [6.45, 7) is 0.541. The van der Waals surface area contributed by atoms with E-state index in [-0.39, 0.29) is 18.5 Å². The van der Waals surface area contributed by atoms with E-state index in [4.69, 9.17) is 18.6 Å². The van der Waals surface area contributed by atoms with E-state index in [1.807, 2.05) is 12.1 Å². The number of amides is 2. The zero-order valence-corrected chi connectivity index (χ0v) is 23.3. The Kier molecular flexibility index (Phi) is 8.02. The van der Waals surface area contributed by atoms with Gasteiger partial charge in [0.25, 0.3) is 11.8 Å². The summed E-state index contributed by atoms with van der Waals surface area (Å²) in [7, 11) is 1.59. The predicted molar refractivity (Wildman–Crippen MR) is 151 cm³/mol. The van der Waals surface area contributed by atoms with Crippen LogP contribution in [0.1, 0.15) is 43.9 Å². The first-order chi connectivity index (χ1) is 20.6. The van der Waals surface area contributed by atoms with Crippen LogP contribution in [0.15, 0.2) is 65.3 Å². The van der Waals surface area contributed by atoms with Crippen LogP contribution in [-0.4, -0.2) is 58.4 Å². The second-order valence-corrected chi connectivity index (χ2v) is 10.2. The van der Waals surface area contributed by atoms with Crippen molar-refractivity contribution in [3.63, 3.8) is 0 Å². The minimum absolute atomic E-state index is 0.0324. The summed E-state index contributed by atoms with van der Waals surface area (Å²) in [5.41, 5.74) is 1.17. The van der Waals surface area contributed by atoms with Gasteiger partial charge in [-0.25, -0.2) is 0 Å². The smallest absolute Gasteiger partial charge is 0.251 e. The zero-order chi connectivity index (χ0) is 28.9. The van der Waals surface area contributed by atoms with Crippen molar-refractivity contribution >= 4 is 17.5 Å². The van der Waals surface area contributed by atoms with Crippen molar-refractivity contribution in [3.8, 4) is 28.6 Å². The molecule has 12 heteroatoms. The molecule has 1 atom stereocenters. The highest BCUT2D eigenvalue weighted by molar-refractivity contribution is 6.01. The number of hydrogen-bond donors (Lipinski definition) is 1. The van der Waals surface area contributed by atoms with E-state index in [1.54, 1.807) is 49.6 Å². The molecule has 1 N–H and O–H groups in total. The number of carbonyl (C=O) groups is 2. The number of carbonyl (C=O) groups excluding carboxylic acids is 2. The molecule has 218 valence electrons. The molecule has 0 spiro atoms. The minimum atomic E-state index is -1.08. The monoisotopic (exact) mass is 572 g/mol. The van der Waals surface area contributed by atoms with Crippen molar-refractivity contribution in [2.24, 2.45) is 0 Å².